The van der Waals surface area contributed by atoms with Crippen molar-refractivity contribution in [1.82, 2.24) is 9.21 Å². The van der Waals surface area contributed by atoms with Crippen molar-refractivity contribution in [3.63, 3.8) is 0 Å². The van der Waals surface area contributed by atoms with Crippen molar-refractivity contribution in [2.24, 2.45) is 0 Å². The molecule has 26 heavy (non-hydrogen) atoms. The largest absolute Gasteiger partial charge is 0.336 e. The summed E-state index contributed by atoms with van der Waals surface area (Å²) in [5, 5.41) is 0. The zero-order chi connectivity index (χ0) is 18.9. The van der Waals surface area contributed by atoms with Gasteiger partial charge in [0.1, 0.15) is 0 Å². The molecular weight excluding hydrogens is 348 g/mol. The van der Waals surface area contributed by atoms with E-state index < -0.39 is 10.0 Å². The van der Waals surface area contributed by atoms with Crippen LogP contribution in [0.5, 0.6) is 0 Å². The predicted octanol–water partition coefficient (Wildman–Crippen LogP) is 2.76. The normalized spacial score (nSPS) is 15.9. The number of carbonyl (C=O) groups is 1. The molecule has 0 saturated carbocycles. The summed E-state index contributed by atoms with van der Waals surface area (Å²) in [5.41, 5.74) is 3.79. The van der Waals surface area contributed by atoms with Crippen LogP contribution < -0.4 is 0 Å². The van der Waals surface area contributed by atoms with Crippen LogP contribution in [0.25, 0.3) is 0 Å². The van der Waals surface area contributed by atoms with Gasteiger partial charge in [-0.3, -0.25) is 4.79 Å². The molecule has 6 heteroatoms. The van der Waals surface area contributed by atoms with Crippen LogP contribution in [-0.4, -0.2) is 49.7 Å². The minimum absolute atomic E-state index is 0.0378. The molecule has 0 bridgehead atoms. The summed E-state index contributed by atoms with van der Waals surface area (Å²) >= 11 is 0. The van der Waals surface area contributed by atoms with Gasteiger partial charge >= 0.3 is 0 Å². The van der Waals surface area contributed by atoms with Crippen molar-refractivity contribution in [3.05, 3.63) is 64.7 Å². The Morgan fingerprint density at radius 2 is 1.35 bits per heavy atom. The molecule has 138 valence electrons. The molecule has 1 heterocycles. The minimum Gasteiger partial charge on any atom is -0.336 e. The molecule has 1 fully saturated rings. The highest BCUT2D eigenvalue weighted by molar-refractivity contribution is 7.89. The maximum atomic E-state index is 12.8. The Labute approximate surface area is 155 Å². The summed E-state index contributed by atoms with van der Waals surface area (Å²) in [7, 11) is -3.51. The van der Waals surface area contributed by atoms with Gasteiger partial charge in [0.15, 0.2) is 0 Å². The number of hydrogen-bond donors (Lipinski definition) is 0. The smallest absolute Gasteiger partial charge is 0.253 e. The molecule has 1 aliphatic heterocycles. The molecule has 5 nitrogen and oxygen atoms in total. The molecule has 0 radical (unpaired) electrons. The van der Waals surface area contributed by atoms with E-state index in [4.69, 9.17) is 0 Å². The molecule has 0 spiro atoms. The highest BCUT2D eigenvalue weighted by Crippen LogP contribution is 2.19. The van der Waals surface area contributed by atoms with Gasteiger partial charge in [-0.15, -0.1) is 0 Å². The molecule has 0 unspecified atom stereocenters. The number of benzene rings is 2. The first-order chi connectivity index (χ1) is 12.3. The zero-order valence-electron chi connectivity index (χ0n) is 15.4. The van der Waals surface area contributed by atoms with Crippen molar-refractivity contribution in [2.75, 3.05) is 26.2 Å². The number of rotatable bonds is 3. The van der Waals surface area contributed by atoms with E-state index >= 15 is 0 Å². The summed E-state index contributed by atoms with van der Waals surface area (Å²) < 4.78 is 27.0. The van der Waals surface area contributed by atoms with Gasteiger partial charge in [-0.2, -0.15) is 4.31 Å². The minimum atomic E-state index is -3.51. The van der Waals surface area contributed by atoms with Gasteiger partial charge in [0, 0.05) is 31.7 Å². The first-order valence-corrected chi connectivity index (χ1v) is 10.2. The third kappa shape index (κ3) is 3.81. The Morgan fingerprint density at radius 3 is 1.88 bits per heavy atom. The third-order valence-corrected chi connectivity index (χ3v) is 6.57. The van der Waals surface area contributed by atoms with Crippen LogP contribution in [0, 0.1) is 20.8 Å². The second-order valence-corrected chi connectivity index (χ2v) is 8.82. The maximum absolute atomic E-state index is 12.8. The molecule has 2 aromatic rings. The summed E-state index contributed by atoms with van der Waals surface area (Å²) in [6.07, 6.45) is 0. The fraction of sp³-hybridized carbons (Fsp3) is 0.350. The van der Waals surface area contributed by atoms with Crippen molar-refractivity contribution in [2.45, 2.75) is 25.7 Å². The van der Waals surface area contributed by atoms with E-state index in [1.165, 1.54) is 4.31 Å². The molecule has 1 saturated heterocycles. The number of hydrogen-bond acceptors (Lipinski definition) is 3. The Bertz CT molecular complexity index is 892. The van der Waals surface area contributed by atoms with Gasteiger partial charge in [-0.25, -0.2) is 8.42 Å². The molecular formula is C20H24N2O3S. The Morgan fingerprint density at radius 1 is 0.808 bits per heavy atom. The van der Waals surface area contributed by atoms with Crippen LogP contribution in [0.15, 0.2) is 47.4 Å². The van der Waals surface area contributed by atoms with E-state index in [2.05, 4.69) is 0 Å². The first-order valence-electron chi connectivity index (χ1n) is 8.72. The van der Waals surface area contributed by atoms with Crippen molar-refractivity contribution in [3.8, 4) is 0 Å². The van der Waals surface area contributed by atoms with Gasteiger partial charge < -0.3 is 4.90 Å². The number of carbonyl (C=O) groups excluding carboxylic acids is 1. The van der Waals surface area contributed by atoms with Gasteiger partial charge in [-0.05, 0) is 45.0 Å². The second kappa shape index (κ2) is 7.21. The molecule has 1 aliphatic rings. The molecule has 0 aliphatic carbocycles. The van der Waals surface area contributed by atoms with E-state index in [1.807, 2.05) is 39.0 Å². The van der Waals surface area contributed by atoms with Gasteiger partial charge in [0.2, 0.25) is 10.0 Å². The van der Waals surface area contributed by atoms with Crippen LogP contribution in [0.2, 0.25) is 0 Å². The van der Waals surface area contributed by atoms with Crippen LogP contribution in [-0.2, 0) is 10.0 Å². The average molecular weight is 372 g/mol. The van der Waals surface area contributed by atoms with Crippen molar-refractivity contribution in [1.29, 1.82) is 0 Å². The highest BCUT2D eigenvalue weighted by Gasteiger charge is 2.30. The second-order valence-electron chi connectivity index (χ2n) is 6.89. The van der Waals surface area contributed by atoms with Crippen molar-refractivity contribution < 1.29 is 13.2 Å². The van der Waals surface area contributed by atoms with Gasteiger partial charge in [-0.1, -0.05) is 34.9 Å². The lowest BCUT2D eigenvalue weighted by Gasteiger charge is -2.34. The Kier molecular flexibility index (Phi) is 5.16. The topological polar surface area (TPSA) is 57.7 Å². The highest BCUT2D eigenvalue weighted by atomic mass is 32.2. The molecule has 0 aromatic heterocycles. The molecule has 0 atom stereocenters. The van der Waals surface area contributed by atoms with E-state index in [9.17, 15) is 13.2 Å². The summed E-state index contributed by atoms with van der Waals surface area (Å²) in [6, 6.07) is 12.7. The van der Waals surface area contributed by atoms with E-state index in [0.29, 0.717) is 36.6 Å². The SMILES string of the molecule is Cc1ccc(S(=O)(=O)N2CCN(C(=O)c3cc(C)cc(C)c3)CC2)cc1. The summed E-state index contributed by atoms with van der Waals surface area (Å²) in [5.74, 6) is -0.0378. The predicted molar refractivity (Wildman–Crippen MR) is 102 cm³/mol. The number of sulfonamides is 1. The lowest BCUT2D eigenvalue weighted by atomic mass is 10.1. The summed E-state index contributed by atoms with van der Waals surface area (Å²) in [4.78, 5) is 14.8. The lowest BCUT2D eigenvalue weighted by Crippen LogP contribution is -2.50. The van der Waals surface area contributed by atoms with Gasteiger partial charge in [0.25, 0.3) is 5.91 Å². The summed E-state index contributed by atoms with van der Waals surface area (Å²) in [6.45, 7) is 7.28. The van der Waals surface area contributed by atoms with Crippen LogP contribution in [0.4, 0.5) is 0 Å². The van der Waals surface area contributed by atoms with Crippen LogP contribution in [0.3, 0.4) is 0 Å². The Balaban J connectivity index is 1.70. The number of amides is 1. The van der Waals surface area contributed by atoms with Crippen molar-refractivity contribution >= 4 is 15.9 Å². The number of piperazine rings is 1. The lowest BCUT2D eigenvalue weighted by molar-refractivity contribution is 0.0697. The number of nitrogens with zero attached hydrogens (tertiary/aromatic N) is 2. The zero-order valence-corrected chi connectivity index (χ0v) is 16.2. The van der Waals surface area contributed by atoms with E-state index in [-0.39, 0.29) is 5.91 Å². The van der Waals surface area contributed by atoms with E-state index in [0.717, 1.165) is 16.7 Å². The van der Waals surface area contributed by atoms with E-state index in [1.54, 1.807) is 29.2 Å². The van der Waals surface area contributed by atoms with Crippen LogP contribution >= 0.6 is 0 Å². The standard InChI is InChI=1S/C20H24N2O3S/c1-15-4-6-19(7-5-15)26(24,25)22-10-8-21(9-11-22)20(23)18-13-16(2)12-17(3)14-18/h4-7,12-14H,8-11H2,1-3H3. The maximum Gasteiger partial charge on any atom is 0.253 e. The quantitative estimate of drug-likeness (QED) is 0.832. The van der Waals surface area contributed by atoms with Gasteiger partial charge in [0.05, 0.1) is 4.90 Å². The monoisotopic (exact) mass is 372 g/mol. The first kappa shape index (κ1) is 18.6. The molecule has 2 aromatic carbocycles. The molecule has 0 N–H and O–H groups in total. The molecule has 3 rings (SSSR count). The number of aryl methyl sites for hydroxylation is 3. The average Bonchev–Trinajstić information content (AvgIpc) is 2.61. The fourth-order valence-corrected chi connectivity index (χ4v) is 4.69. The molecule has 1 amide bonds. The third-order valence-electron chi connectivity index (χ3n) is 4.65. The Hall–Kier alpha value is -2.18. The fourth-order valence-electron chi connectivity index (χ4n) is 3.27. The van der Waals surface area contributed by atoms with Crippen LogP contribution in [0.1, 0.15) is 27.0 Å².